The maximum absolute atomic E-state index is 5.72. The van der Waals surface area contributed by atoms with Crippen molar-refractivity contribution in [3.63, 3.8) is 0 Å². The Labute approximate surface area is 116 Å². The Bertz CT molecular complexity index is 765. The van der Waals surface area contributed by atoms with Crippen LogP contribution in [0.15, 0.2) is 40.8 Å². The number of nitrogens with two attached hydrogens (primary N) is 1. The molecule has 0 aliphatic rings. The molecule has 3 rings (SSSR count). The van der Waals surface area contributed by atoms with E-state index in [4.69, 9.17) is 14.9 Å². The van der Waals surface area contributed by atoms with Crippen LogP contribution in [0.2, 0.25) is 0 Å². The number of methoxy groups -OCH3 is 1. The predicted octanol–water partition coefficient (Wildman–Crippen LogP) is 3.47. The van der Waals surface area contributed by atoms with Gasteiger partial charge in [0.05, 0.1) is 12.8 Å². The fourth-order valence-corrected chi connectivity index (χ4v) is 2.03. The van der Waals surface area contributed by atoms with Gasteiger partial charge in [0.15, 0.2) is 5.58 Å². The van der Waals surface area contributed by atoms with E-state index in [-0.39, 0.29) is 0 Å². The van der Waals surface area contributed by atoms with Crippen LogP contribution >= 0.6 is 0 Å². The van der Waals surface area contributed by atoms with Gasteiger partial charge < -0.3 is 20.2 Å². The molecule has 20 heavy (non-hydrogen) atoms. The zero-order chi connectivity index (χ0) is 14.1. The maximum atomic E-state index is 5.72. The number of anilines is 3. The smallest absolute Gasteiger partial charge is 0.300 e. The molecule has 0 fully saturated rings. The highest BCUT2D eigenvalue weighted by Gasteiger charge is 2.09. The summed E-state index contributed by atoms with van der Waals surface area (Å²) in [5.74, 6) is 0.734. The van der Waals surface area contributed by atoms with Crippen molar-refractivity contribution < 1.29 is 9.15 Å². The first-order chi connectivity index (χ1) is 9.65. The lowest BCUT2D eigenvalue weighted by atomic mass is 10.2. The number of hydrogen-bond donors (Lipinski definition) is 2. The van der Waals surface area contributed by atoms with Crippen molar-refractivity contribution in [2.45, 2.75) is 6.92 Å². The highest BCUT2D eigenvalue weighted by molar-refractivity contribution is 5.79. The molecule has 0 aliphatic heterocycles. The van der Waals surface area contributed by atoms with Crippen LogP contribution in [0.3, 0.4) is 0 Å². The van der Waals surface area contributed by atoms with Gasteiger partial charge in [-0.25, -0.2) is 0 Å². The monoisotopic (exact) mass is 269 g/mol. The maximum Gasteiger partial charge on any atom is 0.300 e. The number of nitrogens with zero attached hydrogens (tertiary/aromatic N) is 1. The van der Waals surface area contributed by atoms with Crippen molar-refractivity contribution in [3.05, 3.63) is 42.0 Å². The zero-order valence-electron chi connectivity index (χ0n) is 11.3. The van der Waals surface area contributed by atoms with Crippen LogP contribution < -0.4 is 15.8 Å². The highest BCUT2D eigenvalue weighted by atomic mass is 16.5. The molecule has 0 amide bonds. The minimum absolute atomic E-state index is 0.412. The molecule has 3 N–H and O–H groups in total. The van der Waals surface area contributed by atoms with Gasteiger partial charge >= 0.3 is 0 Å². The Hall–Kier alpha value is -2.69. The van der Waals surface area contributed by atoms with E-state index in [9.17, 15) is 0 Å². The molecule has 0 spiro atoms. The number of ether oxygens (including phenoxy) is 1. The molecular formula is C15H15N3O2. The number of aromatic nitrogens is 1. The molecule has 1 aromatic heterocycles. The summed E-state index contributed by atoms with van der Waals surface area (Å²) >= 11 is 0. The Balaban J connectivity index is 1.98. The molecule has 5 nitrogen and oxygen atoms in total. The lowest BCUT2D eigenvalue weighted by Crippen LogP contribution is -1.95. The summed E-state index contributed by atoms with van der Waals surface area (Å²) in [7, 11) is 1.63. The third kappa shape index (κ3) is 2.25. The summed E-state index contributed by atoms with van der Waals surface area (Å²) in [6.07, 6.45) is 0. The number of rotatable bonds is 3. The highest BCUT2D eigenvalue weighted by Crippen LogP contribution is 2.30. The van der Waals surface area contributed by atoms with Crippen LogP contribution in [-0.4, -0.2) is 12.1 Å². The molecule has 0 atom stereocenters. The van der Waals surface area contributed by atoms with Crippen molar-refractivity contribution >= 4 is 28.5 Å². The molecular weight excluding hydrogens is 254 g/mol. The normalized spacial score (nSPS) is 10.7. The number of nitrogens with one attached hydrogen (secondary N) is 1. The summed E-state index contributed by atoms with van der Waals surface area (Å²) in [6.45, 7) is 2.01. The van der Waals surface area contributed by atoms with E-state index in [2.05, 4.69) is 10.3 Å². The average molecular weight is 269 g/mol. The number of oxazole rings is 1. The standard InChI is InChI=1S/C15H15N3O2/c1-9-3-6-13(19-2)12(7-9)18-15-17-11-5-4-10(16)8-14(11)20-15/h3-8H,16H2,1-2H3,(H,17,18). The Morgan fingerprint density at radius 3 is 2.85 bits per heavy atom. The van der Waals surface area contributed by atoms with E-state index < -0.39 is 0 Å². The lowest BCUT2D eigenvalue weighted by molar-refractivity contribution is 0.416. The molecule has 1 heterocycles. The lowest BCUT2D eigenvalue weighted by Gasteiger charge is -2.08. The summed E-state index contributed by atoms with van der Waals surface area (Å²) in [5, 5.41) is 3.13. The van der Waals surface area contributed by atoms with E-state index in [1.54, 1.807) is 19.2 Å². The molecule has 2 aromatic carbocycles. The predicted molar refractivity (Wildman–Crippen MR) is 79.4 cm³/mol. The Kier molecular flexibility index (Phi) is 2.95. The van der Waals surface area contributed by atoms with Crippen LogP contribution in [0.25, 0.3) is 11.1 Å². The van der Waals surface area contributed by atoms with Crippen molar-refractivity contribution in [1.82, 2.24) is 4.98 Å². The number of hydrogen-bond acceptors (Lipinski definition) is 5. The van der Waals surface area contributed by atoms with E-state index >= 15 is 0 Å². The number of aryl methyl sites for hydroxylation is 1. The van der Waals surface area contributed by atoms with Gasteiger partial charge in [-0.05, 0) is 36.8 Å². The fourth-order valence-electron chi connectivity index (χ4n) is 2.03. The molecule has 0 aliphatic carbocycles. The van der Waals surface area contributed by atoms with Crippen molar-refractivity contribution in [1.29, 1.82) is 0 Å². The van der Waals surface area contributed by atoms with E-state index in [0.717, 1.165) is 22.5 Å². The first kappa shape index (κ1) is 12.3. The Morgan fingerprint density at radius 2 is 2.05 bits per heavy atom. The first-order valence-corrected chi connectivity index (χ1v) is 6.23. The van der Waals surface area contributed by atoms with E-state index in [0.29, 0.717) is 17.3 Å². The van der Waals surface area contributed by atoms with Gasteiger partial charge in [0.2, 0.25) is 0 Å². The summed E-state index contributed by atoms with van der Waals surface area (Å²) < 4.78 is 10.9. The van der Waals surface area contributed by atoms with Gasteiger partial charge in [0.1, 0.15) is 11.3 Å². The molecule has 0 radical (unpaired) electrons. The fraction of sp³-hybridized carbons (Fsp3) is 0.133. The molecule has 0 unspecified atom stereocenters. The minimum atomic E-state index is 0.412. The van der Waals surface area contributed by atoms with Crippen LogP contribution in [-0.2, 0) is 0 Å². The molecule has 102 valence electrons. The van der Waals surface area contributed by atoms with Crippen LogP contribution in [0.4, 0.5) is 17.4 Å². The van der Waals surface area contributed by atoms with Gasteiger partial charge in [0, 0.05) is 11.8 Å². The van der Waals surface area contributed by atoms with Crippen molar-refractivity contribution in [2.75, 3.05) is 18.2 Å². The molecule has 5 heteroatoms. The van der Waals surface area contributed by atoms with Gasteiger partial charge in [-0.2, -0.15) is 4.98 Å². The van der Waals surface area contributed by atoms with Gasteiger partial charge in [-0.3, -0.25) is 0 Å². The second kappa shape index (κ2) is 4.77. The zero-order valence-corrected chi connectivity index (χ0v) is 11.3. The van der Waals surface area contributed by atoms with E-state index in [1.807, 2.05) is 31.2 Å². The van der Waals surface area contributed by atoms with Crippen LogP contribution in [0.1, 0.15) is 5.56 Å². The average Bonchev–Trinajstić information content (AvgIpc) is 2.80. The SMILES string of the molecule is COc1ccc(C)cc1Nc1nc2ccc(N)cc2o1. The van der Waals surface area contributed by atoms with Crippen molar-refractivity contribution in [2.24, 2.45) is 0 Å². The summed E-state index contributed by atoms with van der Waals surface area (Å²) in [6, 6.07) is 11.6. The molecule has 0 saturated heterocycles. The van der Waals surface area contributed by atoms with Gasteiger partial charge in [-0.15, -0.1) is 0 Å². The summed E-state index contributed by atoms with van der Waals surface area (Å²) in [5.41, 5.74) is 9.71. The third-order valence-electron chi connectivity index (χ3n) is 3.01. The first-order valence-electron chi connectivity index (χ1n) is 6.23. The number of benzene rings is 2. The number of nitrogen functional groups attached to an aromatic ring is 1. The minimum Gasteiger partial charge on any atom is -0.495 e. The number of fused-ring (bicyclic) bond motifs is 1. The quantitative estimate of drug-likeness (QED) is 0.712. The van der Waals surface area contributed by atoms with Crippen LogP contribution in [0, 0.1) is 6.92 Å². The van der Waals surface area contributed by atoms with Gasteiger partial charge in [0.25, 0.3) is 6.01 Å². The largest absolute Gasteiger partial charge is 0.495 e. The summed E-state index contributed by atoms with van der Waals surface area (Å²) in [4.78, 5) is 4.37. The third-order valence-corrected chi connectivity index (χ3v) is 3.01. The molecule has 3 aromatic rings. The van der Waals surface area contributed by atoms with E-state index in [1.165, 1.54) is 0 Å². The van der Waals surface area contributed by atoms with Gasteiger partial charge in [-0.1, -0.05) is 6.07 Å². The second-order valence-corrected chi connectivity index (χ2v) is 4.57. The van der Waals surface area contributed by atoms with Crippen molar-refractivity contribution in [3.8, 4) is 5.75 Å². The second-order valence-electron chi connectivity index (χ2n) is 4.57. The van der Waals surface area contributed by atoms with Crippen LogP contribution in [0.5, 0.6) is 5.75 Å². The Morgan fingerprint density at radius 1 is 1.20 bits per heavy atom. The molecule has 0 bridgehead atoms. The molecule has 0 saturated carbocycles. The topological polar surface area (TPSA) is 73.3 Å².